The van der Waals surface area contributed by atoms with Gasteiger partial charge in [-0.2, -0.15) is 0 Å². The van der Waals surface area contributed by atoms with E-state index in [2.05, 4.69) is 36.8 Å². The van der Waals surface area contributed by atoms with E-state index in [4.69, 9.17) is 0 Å². The molecule has 1 aromatic heterocycles. The molecule has 0 saturated carbocycles. The Morgan fingerprint density at radius 2 is 2.12 bits per heavy atom. The van der Waals surface area contributed by atoms with Crippen molar-refractivity contribution >= 4 is 43.2 Å². The van der Waals surface area contributed by atoms with Crippen molar-refractivity contribution < 1.29 is 0 Å². The van der Waals surface area contributed by atoms with Crippen LogP contribution in [0, 0.1) is 0 Å². The lowest BCUT2D eigenvalue weighted by atomic mass is 11.0. The largest absolute Gasteiger partial charge is 0.236 e. The van der Waals surface area contributed by atoms with Crippen molar-refractivity contribution in [2.75, 3.05) is 0 Å². The van der Waals surface area contributed by atoms with Crippen molar-refractivity contribution in [3.05, 3.63) is 13.9 Å². The van der Waals surface area contributed by atoms with Crippen LogP contribution >= 0.6 is 43.2 Å². The monoisotopic (exact) mass is 257 g/mol. The number of halogens is 2. The molecule has 0 amide bonds. The fourth-order valence-electron chi connectivity index (χ4n) is 0.235. The van der Waals surface area contributed by atoms with Crippen molar-refractivity contribution in [3.8, 4) is 0 Å². The number of hydrogen-bond donors (Lipinski definition) is 0. The van der Waals surface area contributed by atoms with Crippen LogP contribution in [0.5, 0.6) is 0 Å². The third kappa shape index (κ3) is 2.24. The van der Waals surface area contributed by atoms with Gasteiger partial charge in [-0.3, -0.25) is 0 Å². The summed E-state index contributed by atoms with van der Waals surface area (Å²) in [4.78, 5) is 3.90. The van der Waals surface area contributed by atoms with Crippen LogP contribution in [0.25, 0.3) is 0 Å². The molecule has 1 aromatic rings. The average molecular weight is 259 g/mol. The molecule has 0 unspecified atom stereocenters. The van der Waals surface area contributed by atoms with E-state index in [1.54, 1.807) is 17.5 Å². The molecule has 1 heterocycles. The zero-order chi connectivity index (χ0) is 5.28. The topological polar surface area (TPSA) is 12.9 Å². The minimum atomic E-state index is 0. The zero-order valence-corrected chi connectivity index (χ0v) is 7.18. The van der Waals surface area contributed by atoms with Crippen LogP contribution < -0.4 is 0 Å². The Labute approximate surface area is 69.4 Å². The van der Waals surface area contributed by atoms with Gasteiger partial charge in [0, 0.05) is 0 Å². The summed E-state index contributed by atoms with van der Waals surface area (Å²) in [7, 11) is 0. The van der Waals surface area contributed by atoms with Gasteiger partial charge in [-0.25, -0.2) is 4.98 Å². The van der Waals surface area contributed by atoms with Gasteiger partial charge in [-0.1, -0.05) is 7.43 Å². The van der Waals surface area contributed by atoms with Crippen molar-refractivity contribution in [1.29, 1.82) is 0 Å². The molecular weight excluding hydrogens is 254 g/mol. The Morgan fingerprint density at radius 3 is 2.25 bits per heavy atom. The summed E-state index contributed by atoms with van der Waals surface area (Å²) in [5.74, 6) is 0. The SMILES string of the molecule is Brc1cnc(Br)s1.C. The molecule has 0 aliphatic rings. The van der Waals surface area contributed by atoms with Gasteiger partial charge in [0.05, 0.1) is 9.98 Å². The van der Waals surface area contributed by atoms with Gasteiger partial charge in [-0.15, -0.1) is 11.3 Å². The third-order valence-corrected chi connectivity index (χ3v) is 2.40. The molecule has 4 heteroatoms. The first-order valence-electron chi connectivity index (χ1n) is 1.56. The molecule has 0 radical (unpaired) electrons. The summed E-state index contributed by atoms with van der Waals surface area (Å²) < 4.78 is 1.97. The summed E-state index contributed by atoms with van der Waals surface area (Å²) in [5.41, 5.74) is 0. The van der Waals surface area contributed by atoms with E-state index in [1.165, 1.54) is 0 Å². The van der Waals surface area contributed by atoms with Gasteiger partial charge < -0.3 is 0 Å². The summed E-state index contributed by atoms with van der Waals surface area (Å²) in [6, 6.07) is 0. The predicted molar refractivity (Wildman–Crippen MR) is 44.2 cm³/mol. The maximum Gasteiger partial charge on any atom is 0.160 e. The highest BCUT2D eigenvalue weighted by atomic mass is 79.9. The number of thiazole rings is 1. The summed E-state index contributed by atoms with van der Waals surface area (Å²) in [6.07, 6.45) is 1.76. The molecule has 0 spiro atoms. The van der Waals surface area contributed by atoms with Gasteiger partial charge in [0.25, 0.3) is 0 Å². The number of nitrogens with zero attached hydrogens (tertiary/aromatic N) is 1. The molecule has 1 nitrogen and oxygen atoms in total. The van der Waals surface area contributed by atoms with E-state index < -0.39 is 0 Å². The average Bonchev–Trinajstić information content (AvgIpc) is 1.87. The first-order chi connectivity index (χ1) is 3.29. The smallest absolute Gasteiger partial charge is 0.160 e. The fourth-order valence-corrected chi connectivity index (χ4v) is 2.45. The van der Waals surface area contributed by atoms with Gasteiger partial charge in [0.15, 0.2) is 3.92 Å². The lowest BCUT2D eigenvalue weighted by molar-refractivity contribution is 1.37. The maximum absolute atomic E-state index is 3.90. The minimum absolute atomic E-state index is 0. The highest BCUT2D eigenvalue weighted by molar-refractivity contribution is 9.12. The molecular formula is C4H5Br2NS. The zero-order valence-electron chi connectivity index (χ0n) is 3.19. The molecule has 0 aliphatic carbocycles. The minimum Gasteiger partial charge on any atom is -0.236 e. The van der Waals surface area contributed by atoms with Gasteiger partial charge in [0.1, 0.15) is 0 Å². The predicted octanol–water partition coefficient (Wildman–Crippen LogP) is 3.30. The quantitative estimate of drug-likeness (QED) is 0.696. The Morgan fingerprint density at radius 1 is 1.50 bits per heavy atom. The molecule has 0 aromatic carbocycles. The van der Waals surface area contributed by atoms with E-state index in [9.17, 15) is 0 Å². The Hall–Kier alpha value is 0.590. The third-order valence-electron chi connectivity index (χ3n) is 0.449. The van der Waals surface area contributed by atoms with Crippen molar-refractivity contribution in [2.45, 2.75) is 7.43 Å². The van der Waals surface area contributed by atoms with Crippen LogP contribution in [0.15, 0.2) is 13.9 Å². The van der Waals surface area contributed by atoms with Gasteiger partial charge in [-0.05, 0) is 31.9 Å². The summed E-state index contributed by atoms with van der Waals surface area (Å²) in [6.45, 7) is 0. The number of hydrogen-bond acceptors (Lipinski definition) is 2. The van der Waals surface area contributed by atoms with Crippen molar-refractivity contribution in [2.24, 2.45) is 0 Å². The molecule has 0 atom stereocenters. The van der Waals surface area contributed by atoms with E-state index in [-0.39, 0.29) is 7.43 Å². The molecule has 1 rings (SSSR count). The molecule has 46 valence electrons. The lowest BCUT2D eigenvalue weighted by Gasteiger charge is -1.64. The number of rotatable bonds is 0. The lowest BCUT2D eigenvalue weighted by Crippen LogP contribution is -1.48. The number of aromatic nitrogens is 1. The van der Waals surface area contributed by atoms with Crippen LogP contribution in [0.4, 0.5) is 0 Å². The fraction of sp³-hybridized carbons (Fsp3) is 0.250. The normalized spacial score (nSPS) is 8.25. The Kier molecular flexibility index (Phi) is 3.85. The molecule has 0 aliphatic heterocycles. The van der Waals surface area contributed by atoms with Crippen LogP contribution in [0.3, 0.4) is 0 Å². The standard InChI is InChI=1S/C3HBr2NS.CH4/c4-2-1-6-3(5)7-2;/h1H;1H4. The second-order valence-corrected chi connectivity index (χ2v) is 4.60. The van der Waals surface area contributed by atoms with E-state index in [0.29, 0.717) is 0 Å². The van der Waals surface area contributed by atoms with E-state index in [1.807, 2.05) is 0 Å². The van der Waals surface area contributed by atoms with Crippen LogP contribution in [0.1, 0.15) is 7.43 Å². The van der Waals surface area contributed by atoms with Gasteiger partial charge in [0.2, 0.25) is 0 Å². The summed E-state index contributed by atoms with van der Waals surface area (Å²) >= 11 is 8.03. The first kappa shape index (κ1) is 8.59. The molecule has 0 bridgehead atoms. The van der Waals surface area contributed by atoms with Crippen LogP contribution in [-0.2, 0) is 0 Å². The van der Waals surface area contributed by atoms with Crippen LogP contribution in [-0.4, -0.2) is 4.98 Å². The summed E-state index contributed by atoms with van der Waals surface area (Å²) in [5, 5.41) is 0. The molecule has 0 saturated heterocycles. The molecule has 0 fully saturated rings. The maximum atomic E-state index is 3.90. The van der Waals surface area contributed by atoms with Crippen LogP contribution in [0.2, 0.25) is 0 Å². The highest BCUT2D eigenvalue weighted by Crippen LogP contribution is 2.22. The van der Waals surface area contributed by atoms with E-state index in [0.717, 1.165) is 7.70 Å². The molecule has 0 N–H and O–H groups in total. The van der Waals surface area contributed by atoms with Gasteiger partial charge >= 0.3 is 0 Å². The highest BCUT2D eigenvalue weighted by Gasteiger charge is 1.89. The van der Waals surface area contributed by atoms with Crippen molar-refractivity contribution in [1.82, 2.24) is 4.98 Å². The molecule has 8 heavy (non-hydrogen) atoms. The Bertz CT molecular complexity index is 146. The first-order valence-corrected chi connectivity index (χ1v) is 3.96. The second kappa shape index (κ2) is 3.58. The van der Waals surface area contributed by atoms with E-state index >= 15 is 0 Å². The Balaban J connectivity index is 0.000000490. The second-order valence-electron chi connectivity index (χ2n) is 0.917. The van der Waals surface area contributed by atoms with Crippen molar-refractivity contribution in [3.63, 3.8) is 0 Å².